The van der Waals surface area contributed by atoms with Crippen LogP contribution in [-0.4, -0.2) is 0 Å². The summed E-state index contributed by atoms with van der Waals surface area (Å²) in [5.74, 6) is 0. The van der Waals surface area contributed by atoms with E-state index >= 15 is 0 Å². The summed E-state index contributed by atoms with van der Waals surface area (Å²) in [5.41, 5.74) is 18.3. The van der Waals surface area contributed by atoms with E-state index in [1.165, 1.54) is 64.7 Å². The SMILES string of the molecule is c1ccc(-c2ccc(N(c3ccc(-c4cccc5sc6ccccc6c45)cc3)c3cccc(-c4ccccc4N(c4ccc(-c5ccccc5)cc4)c4ccc(-c5ccccc5)cc4)c3)cc2)cc1. The first-order chi connectivity index (χ1) is 34.2. The lowest BCUT2D eigenvalue weighted by Crippen LogP contribution is -2.12. The predicted octanol–water partition coefficient (Wildman–Crippen LogP) is 19.3. The summed E-state index contributed by atoms with van der Waals surface area (Å²) < 4.78 is 2.62. The Morgan fingerprint density at radius 3 is 1.17 bits per heavy atom. The Morgan fingerprint density at radius 2 is 0.623 bits per heavy atom. The number of thiophene rings is 1. The van der Waals surface area contributed by atoms with Crippen molar-refractivity contribution in [3.05, 3.63) is 279 Å². The summed E-state index contributed by atoms with van der Waals surface area (Å²) in [7, 11) is 0. The number of anilines is 6. The molecule has 0 saturated heterocycles. The van der Waals surface area contributed by atoms with Gasteiger partial charge in [-0.15, -0.1) is 11.3 Å². The van der Waals surface area contributed by atoms with Gasteiger partial charge in [0.05, 0.1) is 5.69 Å². The minimum absolute atomic E-state index is 1.07. The van der Waals surface area contributed by atoms with Crippen molar-refractivity contribution < 1.29 is 0 Å². The predicted molar refractivity (Wildman–Crippen MR) is 296 cm³/mol. The average Bonchev–Trinajstić information content (AvgIpc) is 3.82. The molecule has 0 amide bonds. The van der Waals surface area contributed by atoms with Gasteiger partial charge in [0, 0.05) is 54.2 Å². The number of nitrogens with zero attached hydrogens (tertiary/aromatic N) is 2. The Labute approximate surface area is 407 Å². The summed E-state index contributed by atoms with van der Waals surface area (Å²) in [5, 5.41) is 2.63. The second-order valence-corrected chi connectivity index (χ2v) is 18.4. The van der Waals surface area contributed by atoms with Crippen LogP contribution in [0, 0.1) is 0 Å². The topological polar surface area (TPSA) is 6.48 Å². The molecule has 1 aromatic heterocycles. The van der Waals surface area contributed by atoms with E-state index in [4.69, 9.17) is 0 Å². The van der Waals surface area contributed by atoms with Crippen LogP contribution in [0.4, 0.5) is 34.1 Å². The molecule has 326 valence electrons. The van der Waals surface area contributed by atoms with Crippen LogP contribution < -0.4 is 9.80 Å². The quantitative estimate of drug-likeness (QED) is 0.128. The van der Waals surface area contributed by atoms with Crippen LogP contribution in [0.3, 0.4) is 0 Å². The summed E-state index contributed by atoms with van der Waals surface area (Å²) in [4.78, 5) is 4.77. The van der Waals surface area contributed by atoms with Gasteiger partial charge in [0.1, 0.15) is 0 Å². The van der Waals surface area contributed by atoms with E-state index < -0.39 is 0 Å². The maximum absolute atomic E-state index is 2.39. The standard InChI is InChI=1S/C66H46N2S/c1-4-16-47(17-5-1)50-30-38-55(39-31-50)67(56-44-36-53(37-45-56)61-26-15-29-65-66(61)62-25-11-13-28-64(62)69-65)59-23-14-22-54(46-59)60-24-10-12-27-63(60)68(57-40-32-51(33-41-57)48-18-6-2-7-19-48)58-42-34-52(35-43-58)49-20-8-3-9-21-49/h1-46H. The van der Waals surface area contributed by atoms with E-state index in [1.54, 1.807) is 0 Å². The number of benzene rings is 11. The third-order valence-electron chi connectivity index (χ3n) is 13.1. The van der Waals surface area contributed by atoms with Gasteiger partial charge in [-0.05, 0) is 129 Å². The number of hydrogen-bond acceptors (Lipinski definition) is 3. The first kappa shape index (κ1) is 41.7. The van der Waals surface area contributed by atoms with Crippen LogP contribution in [0.5, 0.6) is 0 Å². The molecule has 12 aromatic rings. The van der Waals surface area contributed by atoms with E-state index in [9.17, 15) is 0 Å². The highest BCUT2D eigenvalue weighted by atomic mass is 32.1. The Kier molecular flexibility index (Phi) is 11.2. The molecule has 0 spiro atoms. The number of para-hydroxylation sites is 1. The van der Waals surface area contributed by atoms with Gasteiger partial charge in [0.25, 0.3) is 0 Å². The molecule has 0 fully saturated rings. The van der Waals surface area contributed by atoms with Crippen LogP contribution in [0.1, 0.15) is 0 Å². The fourth-order valence-electron chi connectivity index (χ4n) is 9.71. The summed E-state index contributed by atoms with van der Waals surface area (Å²) in [6, 6.07) is 101. The molecule has 0 bridgehead atoms. The zero-order valence-electron chi connectivity index (χ0n) is 37.9. The molecule has 0 aliphatic carbocycles. The highest BCUT2D eigenvalue weighted by Crippen LogP contribution is 2.45. The van der Waals surface area contributed by atoms with E-state index in [2.05, 4.69) is 289 Å². The van der Waals surface area contributed by atoms with E-state index in [1.807, 2.05) is 11.3 Å². The van der Waals surface area contributed by atoms with Crippen molar-refractivity contribution in [2.24, 2.45) is 0 Å². The molecule has 0 saturated carbocycles. The smallest absolute Gasteiger partial charge is 0.0540 e. The van der Waals surface area contributed by atoms with E-state index in [0.717, 1.165) is 45.3 Å². The van der Waals surface area contributed by atoms with Gasteiger partial charge >= 0.3 is 0 Å². The maximum atomic E-state index is 2.39. The number of hydrogen-bond donors (Lipinski definition) is 0. The van der Waals surface area contributed by atoms with Crippen molar-refractivity contribution in [1.82, 2.24) is 0 Å². The molecule has 0 N–H and O–H groups in total. The van der Waals surface area contributed by atoms with E-state index in [0.29, 0.717) is 0 Å². The minimum Gasteiger partial charge on any atom is -0.310 e. The lowest BCUT2D eigenvalue weighted by atomic mass is 9.98. The minimum atomic E-state index is 1.07. The molecule has 0 unspecified atom stereocenters. The van der Waals surface area contributed by atoms with Crippen molar-refractivity contribution in [2.45, 2.75) is 0 Å². The van der Waals surface area contributed by atoms with Gasteiger partial charge in [-0.1, -0.05) is 200 Å². The molecular formula is C66H46N2S. The van der Waals surface area contributed by atoms with Crippen molar-refractivity contribution >= 4 is 65.6 Å². The third kappa shape index (κ3) is 8.27. The molecule has 0 aliphatic rings. The Balaban J connectivity index is 0.964. The Bertz CT molecular complexity index is 3590. The zero-order valence-corrected chi connectivity index (χ0v) is 38.7. The van der Waals surface area contributed by atoms with Crippen LogP contribution in [0.25, 0.3) is 75.8 Å². The van der Waals surface area contributed by atoms with Gasteiger partial charge in [0.15, 0.2) is 0 Å². The summed E-state index contributed by atoms with van der Waals surface area (Å²) in [6.45, 7) is 0. The maximum Gasteiger partial charge on any atom is 0.0540 e. The highest BCUT2D eigenvalue weighted by molar-refractivity contribution is 7.25. The first-order valence-corrected chi connectivity index (χ1v) is 24.3. The van der Waals surface area contributed by atoms with Crippen molar-refractivity contribution in [1.29, 1.82) is 0 Å². The van der Waals surface area contributed by atoms with Crippen molar-refractivity contribution in [2.75, 3.05) is 9.80 Å². The lowest BCUT2D eigenvalue weighted by molar-refractivity contribution is 1.27. The molecule has 3 heteroatoms. The summed E-state index contributed by atoms with van der Waals surface area (Å²) in [6.07, 6.45) is 0. The zero-order chi connectivity index (χ0) is 45.9. The van der Waals surface area contributed by atoms with Crippen LogP contribution in [0.15, 0.2) is 279 Å². The molecule has 69 heavy (non-hydrogen) atoms. The Hall–Kier alpha value is -8.76. The average molecular weight is 899 g/mol. The molecule has 0 atom stereocenters. The molecule has 2 nitrogen and oxygen atoms in total. The lowest BCUT2D eigenvalue weighted by Gasteiger charge is -2.29. The second kappa shape index (κ2) is 18.5. The van der Waals surface area contributed by atoms with E-state index in [-0.39, 0.29) is 0 Å². The fraction of sp³-hybridized carbons (Fsp3) is 0. The molecule has 11 aromatic carbocycles. The fourth-order valence-corrected chi connectivity index (χ4v) is 10.8. The highest BCUT2D eigenvalue weighted by Gasteiger charge is 2.20. The number of rotatable bonds is 11. The van der Waals surface area contributed by atoms with Crippen LogP contribution in [0.2, 0.25) is 0 Å². The molecule has 1 heterocycles. The molecule has 0 radical (unpaired) electrons. The third-order valence-corrected chi connectivity index (χ3v) is 14.2. The normalized spacial score (nSPS) is 11.2. The van der Waals surface area contributed by atoms with Crippen LogP contribution >= 0.6 is 11.3 Å². The van der Waals surface area contributed by atoms with Crippen molar-refractivity contribution in [3.63, 3.8) is 0 Å². The van der Waals surface area contributed by atoms with Gasteiger partial charge in [0.2, 0.25) is 0 Å². The Morgan fingerprint density at radius 1 is 0.232 bits per heavy atom. The largest absolute Gasteiger partial charge is 0.310 e. The van der Waals surface area contributed by atoms with Crippen LogP contribution in [-0.2, 0) is 0 Å². The summed E-state index contributed by atoms with van der Waals surface area (Å²) >= 11 is 1.86. The van der Waals surface area contributed by atoms with Gasteiger partial charge in [-0.2, -0.15) is 0 Å². The monoisotopic (exact) mass is 898 g/mol. The first-order valence-electron chi connectivity index (χ1n) is 23.5. The van der Waals surface area contributed by atoms with Gasteiger partial charge in [-0.25, -0.2) is 0 Å². The van der Waals surface area contributed by atoms with Gasteiger partial charge in [-0.3, -0.25) is 0 Å². The molecular weight excluding hydrogens is 853 g/mol. The molecule has 12 rings (SSSR count). The molecule has 0 aliphatic heterocycles. The second-order valence-electron chi connectivity index (χ2n) is 17.3. The van der Waals surface area contributed by atoms with Crippen molar-refractivity contribution in [3.8, 4) is 55.6 Å². The number of fused-ring (bicyclic) bond motifs is 3. The van der Waals surface area contributed by atoms with Gasteiger partial charge < -0.3 is 9.80 Å².